The fourth-order valence-corrected chi connectivity index (χ4v) is 0.999. The van der Waals surface area contributed by atoms with E-state index >= 15 is 0 Å². The molecular formula is C8H11F3N4O. The van der Waals surface area contributed by atoms with Crippen LogP contribution in [-0.4, -0.2) is 22.3 Å². The van der Waals surface area contributed by atoms with Crippen LogP contribution in [0, 0.1) is 0 Å². The SMILES string of the molecule is Nc1[nH]ncc1CNC(=O)CCC(F)(F)F. The number of carbonyl (C=O) groups is 1. The Morgan fingerprint density at radius 2 is 2.25 bits per heavy atom. The number of aromatic amines is 1. The van der Waals surface area contributed by atoms with Crippen LogP contribution in [0.4, 0.5) is 19.0 Å². The molecule has 0 saturated heterocycles. The van der Waals surface area contributed by atoms with E-state index in [0.717, 1.165) is 0 Å². The van der Waals surface area contributed by atoms with Crippen molar-refractivity contribution in [2.45, 2.75) is 25.6 Å². The number of nitrogens with two attached hydrogens (primary N) is 1. The van der Waals surface area contributed by atoms with E-state index in [1.165, 1.54) is 6.20 Å². The first-order valence-corrected chi connectivity index (χ1v) is 4.49. The topological polar surface area (TPSA) is 83.8 Å². The largest absolute Gasteiger partial charge is 0.389 e. The number of alkyl halides is 3. The van der Waals surface area contributed by atoms with E-state index in [1.54, 1.807) is 0 Å². The Bertz CT molecular complexity index is 360. The maximum Gasteiger partial charge on any atom is 0.389 e. The number of nitrogens with one attached hydrogen (secondary N) is 2. The van der Waals surface area contributed by atoms with Gasteiger partial charge >= 0.3 is 6.18 Å². The molecule has 0 bridgehead atoms. The Labute approximate surface area is 89.2 Å². The molecule has 1 heterocycles. The van der Waals surface area contributed by atoms with Crippen LogP contribution in [-0.2, 0) is 11.3 Å². The van der Waals surface area contributed by atoms with Gasteiger partial charge in [0.15, 0.2) is 0 Å². The van der Waals surface area contributed by atoms with Crippen molar-refractivity contribution in [3.63, 3.8) is 0 Å². The van der Waals surface area contributed by atoms with E-state index in [2.05, 4.69) is 15.5 Å². The van der Waals surface area contributed by atoms with Crippen LogP contribution in [0.5, 0.6) is 0 Å². The summed E-state index contributed by atoms with van der Waals surface area (Å²) in [7, 11) is 0. The minimum atomic E-state index is -4.31. The molecule has 4 N–H and O–H groups in total. The van der Waals surface area contributed by atoms with E-state index in [0.29, 0.717) is 5.56 Å². The molecule has 0 aliphatic carbocycles. The minimum Gasteiger partial charge on any atom is -0.384 e. The maximum absolute atomic E-state index is 11.8. The number of hydrogen-bond acceptors (Lipinski definition) is 3. The van der Waals surface area contributed by atoms with Crippen molar-refractivity contribution < 1.29 is 18.0 Å². The van der Waals surface area contributed by atoms with E-state index < -0.39 is 24.9 Å². The molecule has 0 fully saturated rings. The van der Waals surface area contributed by atoms with E-state index in [1.807, 2.05) is 0 Å². The summed E-state index contributed by atoms with van der Waals surface area (Å²) in [6.07, 6.45) is -4.62. The summed E-state index contributed by atoms with van der Waals surface area (Å²) >= 11 is 0. The highest BCUT2D eigenvalue weighted by atomic mass is 19.4. The van der Waals surface area contributed by atoms with Gasteiger partial charge in [-0.05, 0) is 0 Å². The molecule has 16 heavy (non-hydrogen) atoms. The number of halogens is 3. The van der Waals surface area contributed by atoms with Crippen LogP contribution < -0.4 is 11.1 Å². The van der Waals surface area contributed by atoms with Gasteiger partial charge in [0.05, 0.1) is 12.6 Å². The summed E-state index contributed by atoms with van der Waals surface area (Å²) in [5.41, 5.74) is 5.96. The van der Waals surface area contributed by atoms with Gasteiger partial charge < -0.3 is 11.1 Å². The molecule has 90 valence electrons. The van der Waals surface area contributed by atoms with E-state index in [-0.39, 0.29) is 12.4 Å². The van der Waals surface area contributed by atoms with Crippen LogP contribution in [0.15, 0.2) is 6.20 Å². The van der Waals surface area contributed by atoms with Crippen LogP contribution in [0.2, 0.25) is 0 Å². The Hall–Kier alpha value is -1.73. The second-order valence-corrected chi connectivity index (χ2v) is 3.20. The Morgan fingerprint density at radius 1 is 1.56 bits per heavy atom. The molecule has 0 saturated carbocycles. The fraction of sp³-hybridized carbons (Fsp3) is 0.500. The monoisotopic (exact) mass is 236 g/mol. The van der Waals surface area contributed by atoms with Crippen molar-refractivity contribution >= 4 is 11.7 Å². The average Bonchev–Trinajstić information content (AvgIpc) is 2.57. The van der Waals surface area contributed by atoms with Crippen LogP contribution >= 0.6 is 0 Å². The molecule has 1 aromatic heterocycles. The van der Waals surface area contributed by atoms with Gasteiger partial charge in [-0.2, -0.15) is 18.3 Å². The normalized spacial score (nSPS) is 11.4. The number of hydrogen-bond donors (Lipinski definition) is 3. The lowest BCUT2D eigenvalue weighted by Crippen LogP contribution is -2.24. The van der Waals surface area contributed by atoms with Gasteiger partial charge in [0, 0.05) is 18.5 Å². The highest BCUT2D eigenvalue weighted by Gasteiger charge is 2.27. The second kappa shape index (κ2) is 4.86. The third kappa shape index (κ3) is 4.20. The van der Waals surface area contributed by atoms with Gasteiger partial charge in [0.2, 0.25) is 5.91 Å². The molecule has 1 aromatic rings. The first kappa shape index (κ1) is 12.3. The summed E-state index contributed by atoms with van der Waals surface area (Å²) < 4.78 is 35.3. The molecule has 8 heteroatoms. The summed E-state index contributed by atoms with van der Waals surface area (Å²) in [5, 5.41) is 8.37. The van der Waals surface area contributed by atoms with Crippen molar-refractivity contribution in [2.24, 2.45) is 0 Å². The van der Waals surface area contributed by atoms with Crippen LogP contribution in [0.3, 0.4) is 0 Å². The number of amides is 1. The van der Waals surface area contributed by atoms with Gasteiger partial charge in [0.25, 0.3) is 0 Å². The highest BCUT2D eigenvalue weighted by Crippen LogP contribution is 2.21. The smallest absolute Gasteiger partial charge is 0.384 e. The van der Waals surface area contributed by atoms with Gasteiger partial charge in [-0.1, -0.05) is 0 Å². The average molecular weight is 236 g/mol. The number of H-pyrrole nitrogens is 1. The zero-order chi connectivity index (χ0) is 12.2. The molecule has 0 aromatic carbocycles. The molecule has 0 radical (unpaired) electrons. The lowest BCUT2D eigenvalue weighted by molar-refractivity contribution is -0.144. The molecule has 1 amide bonds. The van der Waals surface area contributed by atoms with Crippen molar-refractivity contribution in [3.05, 3.63) is 11.8 Å². The number of aromatic nitrogens is 2. The molecule has 0 aliphatic rings. The number of rotatable bonds is 4. The van der Waals surface area contributed by atoms with E-state index in [4.69, 9.17) is 5.73 Å². The Balaban J connectivity index is 2.29. The zero-order valence-electron chi connectivity index (χ0n) is 8.27. The van der Waals surface area contributed by atoms with Gasteiger partial charge in [-0.3, -0.25) is 9.89 Å². The lowest BCUT2D eigenvalue weighted by atomic mass is 10.2. The van der Waals surface area contributed by atoms with E-state index in [9.17, 15) is 18.0 Å². The quantitative estimate of drug-likeness (QED) is 0.727. The van der Waals surface area contributed by atoms with Crippen LogP contribution in [0.1, 0.15) is 18.4 Å². The third-order valence-corrected chi connectivity index (χ3v) is 1.86. The number of anilines is 1. The standard InChI is InChI=1S/C8H11F3N4O/c9-8(10,11)2-1-6(16)13-3-5-4-14-15-7(5)12/h4H,1-3H2,(H,13,16)(H3,12,14,15). The number of nitrogen functional groups attached to an aromatic ring is 1. The summed E-state index contributed by atoms with van der Waals surface area (Å²) in [6.45, 7) is 0.0685. The highest BCUT2D eigenvalue weighted by molar-refractivity contribution is 5.76. The predicted octanol–water partition coefficient (Wildman–Crippen LogP) is 0.951. The van der Waals surface area contributed by atoms with Crippen molar-refractivity contribution in [2.75, 3.05) is 5.73 Å². The Morgan fingerprint density at radius 3 is 2.75 bits per heavy atom. The first-order chi connectivity index (χ1) is 7.38. The fourth-order valence-electron chi connectivity index (χ4n) is 0.999. The minimum absolute atomic E-state index is 0.0685. The third-order valence-electron chi connectivity index (χ3n) is 1.86. The number of nitrogens with zero attached hydrogens (tertiary/aromatic N) is 1. The molecule has 0 aliphatic heterocycles. The summed E-state index contributed by atoms with van der Waals surface area (Å²) in [6, 6.07) is 0. The molecule has 5 nitrogen and oxygen atoms in total. The predicted molar refractivity (Wildman–Crippen MR) is 50.1 cm³/mol. The second-order valence-electron chi connectivity index (χ2n) is 3.20. The van der Waals surface area contributed by atoms with Gasteiger partial charge in [-0.15, -0.1) is 0 Å². The van der Waals surface area contributed by atoms with Gasteiger partial charge in [0.1, 0.15) is 5.82 Å². The molecule has 0 atom stereocenters. The molecular weight excluding hydrogens is 225 g/mol. The van der Waals surface area contributed by atoms with Crippen molar-refractivity contribution in [1.29, 1.82) is 0 Å². The first-order valence-electron chi connectivity index (χ1n) is 4.49. The van der Waals surface area contributed by atoms with Crippen molar-refractivity contribution in [1.82, 2.24) is 15.5 Å². The Kier molecular flexibility index (Phi) is 3.75. The summed E-state index contributed by atoms with van der Waals surface area (Å²) in [4.78, 5) is 11.0. The zero-order valence-corrected chi connectivity index (χ0v) is 8.27. The van der Waals surface area contributed by atoms with Crippen molar-refractivity contribution in [3.8, 4) is 0 Å². The molecule has 0 unspecified atom stereocenters. The summed E-state index contributed by atoms with van der Waals surface area (Å²) in [5.74, 6) is -0.381. The maximum atomic E-state index is 11.8. The number of carbonyl (C=O) groups excluding carboxylic acids is 1. The molecule has 0 spiro atoms. The van der Waals surface area contributed by atoms with Gasteiger partial charge in [-0.25, -0.2) is 0 Å². The lowest BCUT2D eigenvalue weighted by Gasteiger charge is -2.06. The molecule has 1 rings (SSSR count). The van der Waals surface area contributed by atoms with Crippen LogP contribution in [0.25, 0.3) is 0 Å².